The van der Waals surface area contributed by atoms with Crippen LogP contribution in [-0.4, -0.2) is 35.1 Å². The number of aliphatic hydroxyl groups is 1. The maximum atomic E-state index is 12.5. The normalized spacial score (nSPS) is 16.8. The zero-order valence-corrected chi connectivity index (χ0v) is 14.0. The number of carbonyl (C=O) groups excluding carboxylic acids is 1. The Labute approximate surface area is 128 Å². The van der Waals surface area contributed by atoms with Gasteiger partial charge < -0.3 is 10.0 Å². The van der Waals surface area contributed by atoms with Crippen LogP contribution in [0.15, 0.2) is 18.2 Å². The summed E-state index contributed by atoms with van der Waals surface area (Å²) in [7, 11) is 0. The molecule has 21 heavy (non-hydrogen) atoms. The first-order valence-corrected chi connectivity index (χ1v) is 7.62. The van der Waals surface area contributed by atoms with Crippen molar-refractivity contribution in [1.29, 1.82) is 0 Å². The van der Waals surface area contributed by atoms with Gasteiger partial charge in [-0.05, 0) is 34.1 Å². The number of hydrogen-bond acceptors (Lipinski definition) is 2. The first-order chi connectivity index (χ1) is 9.48. The van der Waals surface area contributed by atoms with Crippen LogP contribution in [0.3, 0.4) is 0 Å². The molecule has 1 aliphatic heterocycles. The van der Waals surface area contributed by atoms with E-state index in [9.17, 15) is 9.90 Å². The number of carbonyl (C=O) groups is 1. The number of hydrogen-bond donors (Lipinski definition) is 1. The molecule has 1 saturated heterocycles. The van der Waals surface area contributed by atoms with Crippen molar-refractivity contribution >= 4 is 5.91 Å². The number of amides is 1. The van der Waals surface area contributed by atoms with Crippen LogP contribution in [0.5, 0.6) is 0 Å². The number of rotatable bonds is 1. The second-order valence-corrected chi connectivity index (χ2v) is 8.16. The van der Waals surface area contributed by atoms with E-state index >= 15 is 0 Å². The van der Waals surface area contributed by atoms with Gasteiger partial charge in [0.2, 0.25) is 0 Å². The number of β-amino-alcohol motifs (C(OH)–C–C–N with tert-alkyl or cyclic N) is 1. The standard InChI is InChI=1S/C18H27NO2/c1-17(2,3)13-7-12(8-14(9-13)18(4,5)6)16(21)19-10-15(20)11-19/h7-9,15,20H,10-11H2,1-6H3. The summed E-state index contributed by atoms with van der Waals surface area (Å²) in [4.78, 5) is 14.3. The monoisotopic (exact) mass is 289 g/mol. The Morgan fingerprint density at radius 2 is 1.43 bits per heavy atom. The van der Waals surface area contributed by atoms with Gasteiger partial charge in [-0.25, -0.2) is 0 Å². The van der Waals surface area contributed by atoms with E-state index in [1.807, 2.05) is 12.1 Å². The van der Waals surface area contributed by atoms with Crippen molar-refractivity contribution in [2.24, 2.45) is 0 Å². The van der Waals surface area contributed by atoms with Gasteiger partial charge in [0, 0.05) is 18.7 Å². The topological polar surface area (TPSA) is 40.5 Å². The fraction of sp³-hybridized carbons (Fsp3) is 0.611. The van der Waals surface area contributed by atoms with Crippen molar-refractivity contribution in [3.05, 3.63) is 34.9 Å². The SMILES string of the molecule is CC(C)(C)c1cc(C(=O)N2CC(O)C2)cc(C(C)(C)C)c1. The lowest BCUT2D eigenvalue weighted by atomic mass is 9.79. The van der Waals surface area contributed by atoms with E-state index in [1.54, 1.807) is 4.90 Å². The van der Waals surface area contributed by atoms with Gasteiger partial charge in [0.15, 0.2) is 0 Å². The molecule has 0 aromatic heterocycles. The van der Waals surface area contributed by atoms with Crippen LogP contribution in [0.2, 0.25) is 0 Å². The highest BCUT2D eigenvalue weighted by Gasteiger charge is 2.31. The summed E-state index contributed by atoms with van der Waals surface area (Å²) in [6, 6.07) is 6.21. The fourth-order valence-electron chi connectivity index (χ4n) is 2.42. The molecule has 1 heterocycles. The van der Waals surface area contributed by atoms with Gasteiger partial charge in [-0.1, -0.05) is 47.6 Å². The van der Waals surface area contributed by atoms with Gasteiger partial charge >= 0.3 is 0 Å². The average Bonchev–Trinajstić information content (AvgIpc) is 2.31. The number of likely N-dealkylation sites (tertiary alicyclic amines) is 1. The Kier molecular flexibility index (Phi) is 3.92. The lowest BCUT2D eigenvalue weighted by Crippen LogP contribution is -2.53. The highest BCUT2D eigenvalue weighted by atomic mass is 16.3. The third-order valence-electron chi connectivity index (χ3n) is 4.06. The molecule has 2 rings (SSSR count). The minimum Gasteiger partial charge on any atom is -0.389 e. The summed E-state index contributed by atoms with van der Waals surface area (Å²) in [5.41, 5.74) is 3.10. The summed E-state index contributed by atoms with van der Waals surface area (Å²) >= 11 is 0. The minimum absolute atomic E-state index is 0.00471. The summed E-state index contributed by atoms with van der Waals surface area (Å²) in [6.45, 7) is 13.9. The molecule has 1 amide bonds. The molecule has 0 aliphatic carbocycles. The fourth-order valence-corrected chi connectivity index (χ4v) is 2.42. The van der Waals surface area contributed by atoms with E-state index in [-0.39, 0.29) is 22.8 Å². The van der Waals surface area contributed by atoms with Crippen molar-refractivity contribution in [3.63, 3.8) is 0 Å². The summed E-state index contributed by atoms with van der Waals surface area (Å²) in [5.74, 6) is 0.0249. The molecule has 1 aliphatic rings. The number of nitrogens with zero attached hydrogens (tertiary/aromatic N) is 1. The van der Waals surface area contributed by atoms with Crippen LogP contribution in [0.4, 0.5) is 0 Å². The smallest absolute Gasteiger partial charge is 0.254 e. The van der Waals surface area contributed by atoms with Gasteiger partial charge in [0.1, 0.15) is 0 Å². The highest BCUT2D eigenvalue weighted by Crippen LogP contribution is 2.31. The number of aliphatic hydroxyl groups excluding tert-OH is 1. The van der Waals surface area contributed by atoms with Gasteiger partial charge in [-0.2, -0.15) is 0 Å². The molecule has 3 nitrogen and oxygen atoms in total. The molecule has 0 saturated carbocycles. The van der Waals surface area contributed by atoms with E-state index < -0.39 is 0 Å². The van der Waals surface area contributed by atoms with Crippen molar-refractivity contribution < 1.29 is 9.90 Å². The molecule has 1 aromatic rings. The first-order valence-electron chi connectivity index (χ1n) is 7.62. The largest absolute Gasteiger partial charge is 0.389 e. The molecule has 0 spiro atoms. The molecule has 1 N–H and O–H groups in total. The van der Waals surface area contributed by atoms with Crippen LogP contribution in [0.1, 0.15) is 63.0 Å². The molecule has 0 bridgehead atoms. The van der Waals surface area contributed by atoms with Gasteiger partial charge in [0.05, 0.1) is 6.10 Å². The molecule has 0 atom stereocenters. The molecule has 3 heteroatoms. The summed E-state index contributed by atoms with van der Waals surface area (Å²) in [6.07, 6.45) is -0.359. The van der Waals surface area contributed by atoms with Crippen LogP contribution >= 0.6 is 0 Å². The average molecular weight is 289 g/mol. The molecule has 116 valence electrons. The van der Waals surface area contributed by atoms with Crippen LogP contribution in [0.25, 0.3) is 0 Å². The van der Waals surface area contributed by atoms with Crippen molar-refractivity contribution in [1.82, 2.24) is 4.90 Å². The third kappa shape index (κ3) is 3.46. The lowest BCUT2D eigenvalue weighted by Gasteiger charge is -2.36. The Balaban J connectivity index is 2.43. The third-order valence-corrected chi connectivity index (χ3v) is 4.06. The molecule has 0 unspecified atom stereocenters. The van der Waals surface area contributed by atoms with Crippen LogP contribution in [0, 0.1) is 0 Å². The second-order valence-electron chi connectivity index (χ2n) is 8.16. The van der Waals surface area contributed by atoms with Crippen LogP contribution in [-0.2, 0) is 10.8 Å². The summed E-state index contributed by atoms with van der Waals surface area (Å²) < 4.78 is 0. The zero-order chi connectivity index (χ0) is 16.0. The minimum atomic E-state index is -0.359. The first kappa shape index (κ1) is 16.0. The molecular formula is C18H27NO2. The molecular weight excluding hydrogens is 262 g/mol. The van der Waals surface area contributed by atoms with Crippen molar-refractivity contribution in [2.45, 2.75) is 58.5 Å². The summed E-state index contributed by atoms with van der Waals surface area (Å²) in [5, 5.41) is 9.39. The molecule has 1 fully saturated rings. The van der Waals surface area contributed by atoms with E-state index in [0.29, 0.717) is 13.1 Å². The zero-order valence-electron chi connectivity index (χ0n) is 14.0. The van der Waals surface area contributed by atoms with Gasteiger partial charge in [0.25, 0.3) is 5.91 Å². The highest BCUT2D eigenvalue weighted by molar-refractivity contribution is 5.95. The van der Waals surface area contributed by atoms with E-state index in [1.165, 1.54) is 11.1 Å². The molecule has 0 radical (unpaired) electrons. The van der Waals surface area contributed by atoms with E-state index in [4.69, 9.17) is 0 Å². The number of benzene rings is 1. The lowest BCUT2D eigenvalue weighted by molar-refractivity contribution is 0.00587. The maximum absolute atomic E-state index is 12.5. The van der Waals surface area contributed by atoms with Crippen molar-refractivity contribution in [3.8, 4) is 0 Å². The predicted molar refractivity (Wildman–Crippen MR) is 85.8 cm³/mol. The second kappa shape index (κ2) is 5.13. The quantitative estimate of drug-likeness (QED) is 0.863. The predicted octanol–water partition coefficient (Wildman–Crippen LogP) is 3.10. The van der Waals surface area contributed by atoms with Crippen molar-refractivity contribution in [2.75, 3.05) is 13.1 Å². The van der Waals surface area contributed by atoms with Gasteiger partial charge in [-0.3, -0.25) is 4.79 Å². The molecule has 1 aromatic carbocycles. The Hall–Kier alpha value is -1.35. The Morgan fingerprint density at radius 1 is 1.00 bits per heavy atom. The van der Waals surface area contributed by atoms with Crippen LogP contribution < -0.4 is 0 Å². The van der Waals surface area contributed by atoms with Gasteiger partial charge in [-0.15, -0.1) is 0 Å². The van der Waals surface area contributed by atoms with E-state index in [0.717, 1.165) is 5.56 Å². The maximum Gasteiger partial charge on any atom is 0.254 e. The Bertz CT molecular complexity index is 511. The van der Waals surface area contributed by atoms with E-state index in [2.05, 4.69) is 47.6 Å². The Morgan fingerprint density at radius 3 is 1.76 bits per heavy atom.